The number of aryl methyl sites for hydroxylation is 1. The lowest BCUT2D eigenvalue weighted by Gasteiger charge is -2.16. The molecule has 1 aliphatic heterocycles. The molecule has 0 radical (unpaired) electrons. The van der Waals surface area contributed by atoms with E-state index in [4.69, 9.17) is 9.47 Å². The Bertz CT molecular complexity index is 1010. The van der Waals surface area contributed by atoms with Crippen molar-refractivity contribution in [2.24, 2.45) is 0 Å². The Kier molecular flexibility index (Phi) is 5.38. The molecule has 0 amide bonds. The van der Waals surface area contributed by atoms with Crippen molar-refractivity contribution < 1.29 is 24.3 Å². The van der Waals surface area contributed by atoms with Gasteiger partial charge < -0.3 is 14.6 Å². The monoisotopic (exact) mass is 391 g/mol. The van der Waals surface area contributed by atoms with Crippen molar-refractivity contribution in [2.45, 2.75) is 31.8 Å². The van der Waals surface area contributed by atoms with Gasteiger partial charge in [0.1, 0.15) is 18.9 Å². The molecule has 1 aliphatic rings. The first-order valence-corrected chi connectivity index (χ1v) is 8.33. The van der Waals surface area contributed by atoms with Crippen molar-refractivity contribution >= 4 is 11.7 Å². The summed E-state index contributed by atoms with van der Waals surface area (Å²) < 4.78 is 11.9. The summed E-state index contributed by atoms with van der Waals surface area (Å²) in [4.78, 5) is 47.6. The summed E-state index contributed by atoms with van der Waals surface area (Å²) in [5, 5.41) is 20.8. The molecular weight excluding hydrogens is 374 g/mol. The van der Waals surface area contributed by atoms with Crippen LogP contribution in [0.4, 0.5) is 5.69 Å². The second kappa shape index (κ2) is 7.74. The van der Waals surface area contributed by atoms with Crippen LogP contribution in [0.2, 0.25) is 0 Å². The van der Waals surface area contributed by atoms with Gasteiger partial charge in [0.2, 0.25) is 0 Å². The molecule has 148 valence electrons. The number of nitrogens with one attached hydrogen (secondary N) is 1. The van der Waals surface area contributed by atoms with Crippen LogP contribution < -0.4 is 11.2 Å². The van der Waals surface area contributed by atoms with Crippen molar-refractivity contribution in [1.29, 1.82) is 0 Å². The highest BCUT2D eigenvalue weighted by molar-refractivity contribution is 5.89. The van der Waals surface area contributed by atoms with E-state index in [2.05, 4.69) is 4.98 Å². The molecule has 1 aromatic heterocycles. The molecule has 11 heteroatoms. The Labute approximate surface area is 157 Å². The van der Waals surface area contributed by atoms with Crippen LogP contribution >= 0.6 is 0 Å². The van der Waals surface area contributed by atoms with E-state index in [1.165, 1.54) is 37.4 Å². The SMILES string of the molecule is Cc1cn([C@H]2CC(O)[C@@H](COC(=O)c3ccc([N+](=O)[O-])cc3)O2)c(=O)[nH]c1=O. The van der Waals surface area contributed by atoms with Crippen LogP contribution in [0, 0.1) is 17.0 Å². The summed E-state index contributed by atoms with van der Waals surface area (Å²) in [6, 6.07) is 4.88. The average Bonchev–Trinajstić information content (AvgIpc) is 3.03. The zero-order valence-electron chi connectivity index (χ0n) is 14.7. The topological polar surface area (TPSA) is 154 Å². The molecule has 1 saturated heterocycles. The highest BCUT2D eigenvalue weighted by Gasteiger charge is 2.36. The summed E-state index contributed by atoms with van der Waals surface area (Å²) >= 11 is 0. The Morgan fingerprint density at radius 1 is 1.39 bits per heavy atom. The average molecular weight is 391 g/mol. The number of hydrogen-bond donors (Lipinski definition) is 2. The van der Waals surface area contributed by atoms with Crippen molar-refractivity contribution in [3.05, 3.63) is 72.5 Å². The molecule has 2 aromatic rings. The number of rotatable bonds is 5. The minimum atomic E-state index is -0.992. The van der Waals surface area contributed by atoms with Crippen LogP contribution in [-0.2, 0) is 9.47 Å². The first kappa shape index (κ1) is 19.5. The van der Waals surface area contributed by atoms with Crippen molar-refractivity contribution in [3.8, 4) is 0 Å². The quantitative estimate of drug-likeness (QED) is 0.418. The standard InChI is InChI=1S/C17H17N3O8/c1-9-7-19(17(24)18-15(9)22)14-6-12(21)13(28-14)8-27-16(23)10-2-4-11(5-3-10)20(25)26/h2-5,7,12-14,21H,6,8H2,1H3,(H,18,22,24)/t12?,13-,14-/m1/s1. The van der Waals surface area contributed by atoms with Gasteiger partial charge in [0.05, 0.1) is 16.6 Å². The summed E-state index contributed by atoms with van der Waals surface area (Å²) in [7, 11) is 0. The number of aliphatic hydroxyl groups excluding tert-OH is 1. The second-order valence-corrected chi connectivity index (χ2v) is 6.31. The maximum absolute atomic E-state index is 12.1. The Morgan fingerprint density at radius 3 is 2.71 bits per heavy atom. The van der Waals surface area contributed by atoms with Crippen LogP contribution in [0.15, 0.2) is 40.1 Å². The van der Waals surface area contributed by atoms with E-state index in [1.807, 2.05) is 0 Å². The fourth-order valence-corrected chi connectivity index (χ4v) is 2.80. The number of carbonyl (C=O) groups is 1. The molecule has 2 N–H and O–H groups in total. The predicted molar refractivity (Wildman–Crippen MR) is 94.0 cm³/mol. The molecule has 11 nitrogen and oxygen atoms in total. The molecule has 3 atom stereocenters. The highest BCUT2D eigenvalue weighted by atomic mass is 16.6. The van der Waals surface area contributed by atoms with Crippen molar-refractivity contribution in [3.63, 3.8) is 0 Å². The van der Waals surface area contributed by atoms with Gasteiger partial charge >= 0.3 is 11.7 Å². The lowest BCUT2D eigenvalue weighted by atomic mass is 10.2. The molecule has 1 aromatic carbocycles. The number of esters is 1. The van der Waals surface area contributed by atoms with Crippen LogP contribution in [0.5, 0.6) is 0 Å². The van der Waals surface area contributed by atoms with Crippen LogP contribution in [0.1, 0.15) is 28.6 Å². The second-order valence-electron chi connectivity index (χ2n) is 6.31. The van der Waals surface area contributed by atoms with Crippen molar-refractivity contribution in [1.82, 2.24) is 9.55 Å². The minimum absolute atomic E-state index is 0.0745. The first-order chi connectivity index (χ1) is 13.3. The van der Waals surface area contributed by atoms with Gasteiger partial charge in [-0.1, -0.05) is 0 Å². The summed E-state index contributed by atoms with van der Waals surface area (Å²) in [6.07, 6.45) is -1.27. The van der Waals surface area contributed by atoms with Crippen LogP contribution in [-0.4, -0.2) is 44.4 Å². The van der Waals surface area contributed by atoms with E-state index in [1.54, 1.807) is 0 Å². The maximum atomic E-state index is 12.1. The number of nitro benzene ring substituents is 1. The number of aromatic amines is 1. The maximum Gasteiger partial charge on any atom is 0.338 e. The molecule has 3 rings (SSSR count). The van der Waals surface area contributed by atoms with Crippen LogP contribution in [0.25, 0.3) is 0 Å². The molecule has 1 fully saturated rings. The lowest BCUT2D eigenvalue weighted by Crippen LogP contribution is -2.33. The molecule has 0 aliphatic carbocycles. The van der Waals surface area contributed by atoms with E-state index >= 15 is 0 Å². The van der Waals surface area contributed by atoms with Gasteiger partial charge in [0, 0.05) is 30.3 Å². The first-order valence-electron chi connectivity index (χ1n) is 8.33. The number of benzene rings is 1. The Balaban J connectivity index is 1.63. The predicted octanol–water partition coefficient (Wildman–Crippen LogP) is 0.259. The summed E-state index contributed by atoms with van der Waals surface area (Å²) in [6.45, 7) is 1.26. The fourth-order valence-electron chi connectivity index (χ4n) is 2.80. The number of carbonyl (C=O) groups excluding carboxylic acids is 1. The van der Waals surface area contributed by atoms with Crippen LogP contribution in [0.3, 0.4) is 0 Å². The van der Waals surface area contributed by atoms with E-state index in [0.29, 0.717) is 5.56 Å². The molecule has 1 unspecified atom stereocenters. The van der Waals surface area contributed by atoms with E-state index in [-0.39, 0.29) is 24.3 Å². The zero-order valence-corrected chi connectivity index (χ0v) is 14.7. The Morgan fingerprint density at radius 2 is 2.07 bits per heavy atom. The number of ether oxygens (including phenoxy) is 2. The van der Waals surface area contributed by atoms with Gasteiger partial charge in [-0.3, -0.25) is 24.5 Å². The number of nitro groups is 1. The third-order valence-electron chi connectivity index (χ3n) is 4.35. The van der Waals surface area contributed by atoms with E-state index in [0.717, 1.165) is 4.57 Å². The lowest BCUT2D eigenvalue weighted by molar-refractivity contribution is -0.384. The largest absolute Gasteiger partial charge is 0.459 e. The third kappa shape index (κ3) is 4.00. The molecule has 28 heavy (non-hydrogen) atoms. The molecule has 0 bridgehead atoms. The number of hydrogen-bond acceptors (Lipinski definition) is 8. The molecule has 0 spiro atoms. The third-order valence-corrected chi connectivity index (χ3v) is 4.35. The number of nitrogens with zero attached hydrogens (tertiary/aromatic N) is 2. The fraction of sp³-hybridized carbons (Fsp3) is 0.353. The number of non-ortho nitro benzene ring substituents is 1. The minimum Gasteiger partial charge on any atom is -0.459 e. The molecule has 2 heterocycles. The summed E-state index contributed by atoms with van der Waals surface area (Å²) in [5.41, 5.74) is -0.909. The van der Waals surface area contributed by atoms with Gasteiger partial charge in [0.15, 0.2) is 0 Å². The highest BCUT2D eigenvalue weighted by Crippen LogP contribution is 2.28. The zero-order chi connectivity index (χ0) is 20.4. The normalized spacial score (nSPS) is 21.4. The molecule has 0 saturated carbocycles. The van der Waals surface area contributed by atoms with Gasteiger partial charge in [-0.2, -0.15) is 0 Å². The number of H-pyrrole nitrogens is 1. The van der Waals surface area contributed by atoms with E-state index in [9.17, 15) is 29.6 Å². The number of aromatic nitrogens is 2. The van der Waals surface area contributed by atoms with Gasteiger partial charge in [0.25, 0.3) is 11.2 Å². The van der Waals surface area contributed by atoms with Gasteiger partial charge in [-0.15, -0.1) is 0 Å². The number of aliphatic hydroxyl groups is 1. The van der Waals surface area contributed by atoms with Gasteiger partial charge in [-0.05, 0) is 19.1 Å². The van der Waals surface area contributed by atoms with Crippen molar-refractivity contribution in [2.75, 3.05) is 6.61 Å². The molecular formula is C17H17N3O8. The van der Waals surface area contributed by atoms with Gasteiger partial charge in [-0.25, -0.2) is 9.59 Å². The van der Waals surface area contributed by atoms with E-state index < -0.39 is 40.6 Å². The summed E-state index contributed by atoms with van der Waals surface area (Å²) in [5.74, 6) is -0.730. The smallest absolute Gasteiger partial charge is 0.338 e. The Hall–Kier alpha value is -3.31.